The monoisotopic (exact) mass is 339 g/mol. The molecule has 128 valence electrons. The summed E-state index contributed by atoms with van der Waals surface area (Å²) in [7, 11) is 1.63. The molecule has 1 aromatic carbocycles. The minimum Gasteiger partial charge on any atom is -0.495 e. The fraction of sp³-hybridized carbons (Fsp3) is 0.278. The molecule has 0 saturated carbocycles. The van der Waals surface area contributed by atoms with Gasteiger partial charge in [0.1, 0.15) is 35.0 Å². The molecule has 0 aliphatic carbocycles. The summed E-state index contributed by atoms with van der Waals surface area (Å²) in [5.41, 5.74) is 0.367. The average Bonchev–Trinajstić information content (AvgIpc) is 2.68. The molecule has 3 heterocycles. The number of ether oxygens (including phenoxy) is 1. The van der Waals surface area contributed by atoms with Crippen molar-refractivity contribution in [3.8, 4) is 5.75 Å². The molecule has 0 amide bonds. The van der Waals surface area contributed by atoms with Crippen molar-refractivity contribution in [1.29, 1.82) is 0 Å². The Morgan fingerprint density at radius 2 is 1.76 bits per heavy atom. The maximum absolute atomic E-state index is 13.9. The minimum absolute atomic E-state index is 0.317. The van der Waals surface area contributed by atoms with Crippen molar-refractivity contribution in [3.63, 3.8) is 0 Å². The molecule has 3 aromatic rings. The third-order valence-corrected chi connectivity index (χ3v) is 4.45. The molecule has 4 rings (SSSR count). The second-order valence-corrected chi connectivity index (χ2v) is 5.86. The molecule has 1 saturated heterocycles. The SMILES string of the molecule is COc1ccc(N2CCN(c3ncnc4c(F)cccc34)CC2)nc1. The van der Waals surface area contributed by atoms with Crippen LogP contribution in [0, 0.1) is 5.82 Å². The molecule has 7 heteroatoms. The molecule has 0 unspecified atom stereocenters. The Morgan fingerprint density at radius 1 is 0.960 bits per heavy atom. The van der Waals surface area contributed by atoms with Gasteiger partial charge in [-0.3, -0.25) is 0 Å². The van der Waals surface area contributed by atoms with Crippen molar-refractivity contribution in [1.82, 2.24) is 15.0 Å². The lowest BCUT2D eigenvalue weighted by Gasteiger charge is -2.36. The molecule has 25 heavy (non-hydrogen) atoms. The molecular weight excluding hydrogens is 321 g/mol. The number of hydrogen-bond acceptors (Lipinski definition) is 6. The van der Waals surface area contributed by atoms with E-state index >= 15 is 0 Å². The summed E-state index contributed by atoms with van der Waals surface area (Å²) < 4.78 is 19.1. The summed E-state index contributed by atoms with van der Waals surface area (Å²) in [6.07, 6.45) is 3.15. The third-order valence-electron chi connectivity index (χ3n) is 4.45. The zero-order chi connectivity index (χ0) is 17.2. The Kier molecular flexibility index (Phi) is 4.05. The first-order chi connectivity index (χ1) is 12.3. The number of halogens is 1. The van der Waals surface area contributed by atoms with Crippen molar-refractivity contribution in [2.24, 2.45) is 0 Å². The molecule has 0 atom stereocenters. The second kappa shape index (κ2) is 6.51. The normalized spacial score (nSPS) is 14.8. The van der Waals surface area contributed by atoms with Gasteiger partial charge < -0.3 is 14.5 Å². The number of rotatable bonds is 3. The minimum atomic E-state index is -0.317. The lowest BCUT2D eigenvalue weighted by atomic mass is 10.2. The van der Waals surface area contributed by atoms with Gasteiger partial charge in [-0.05, 0) is 24.3 Å². The van der Waals surface area contributed by atoms with E-state index in [1.165, 1.54) is 12.4 Å². The van der Waals surface area contributed by atoms with E-state index < -0.39 is 0 Å². The smallest absolute Gasteiger partial charge is 0.149 e. The van der Waals surface area contributed by atoms with E-state index in [1.807, 2.05) is 18.2 Å². The van der Waals surface area contributed by atoms with Crippen molar-refractivity contribution >= 4 is 22.5 Å². The quantitative estimate of drug-likeness (QED) is 0.731. The average molecular weight is 339 g/mol. The van der Waals surface area contributed by atoms with E-state index in [9.17, 15) is 4.39 Å². The third kappa shape index (κ3) is 2.93. The van der Waals surface area contributed by atoms with Crippen molar-refractivity contribution in [3.05, 3.63) is 48.7 Å². The Hall–Kier alpha value is -2.96. The lowest BCUT2D eigenvalue weighted by Crippen LogP contribution is -2.47. The van der Waals surface area contributed by atoms with Crippen LogP contribution in [0.1, 0.15) is 0 Å². The van der Waals surface area contributed by atoms with Crippen LogP contribution in [0.2, 0.25) is 0 Å². The summed E-state index contributed by atoms with van der Waals surface area (Å²) in [6.45, 7) is 3.22. The van der Waals surface area contributed by atoms with Crippen LogP contribution in [0.15, 0.2) is 42.9 Å². The Labute approximate surface area is 144 Å². The molecular formula is C18H18FN5O. The second-order valence-electron chi connectivity index (χ2n) is 5.86. The molecule has 0 spiro atoms. The van der Waals surface area contributed by atoms with Gasteiger partial charge >= 0.3 is 0 Å². The number of fused-ring (bicyclic) bond motifs is 1. The number of nitrogens with zero attached hydrogens (tertiary/aromatic N) is 5. The standard InChI is InChI=1S/C18H18FN5O/c1-25-13-5-6-16(20-11-13)23-7-9-24(10-8-23)18-14-3-2-4-15(19)17(14)21-12-22-18/h2-6,11-12H,7-10H2,1H3. The number of piperazine rings is 1. The van der Waals surface area contributed by atoms with Crippen LogP contribution >= 0.6 is 0 Å². The summed E-state index contributed by atoms with van der Waals surface area (Å²) in [6, 6.07) is 8.86. The number of methoxy groups -OCH3 is 1. The number of benzene rings is 1. The predicted molar refractivity (Wildman–Crippen MR) is 94.7 cm³/mol. The fourth-order valence-electron chi connectivity index (χ4n) is 3.12. The zero-order valence-electron chi connectivity index (χ0n) is 13.9. The Morgan fingerprint density at radius 3 is 2.48 bits per heavy atom. The van der Waals surface area contributed by atoms with Crippen LogP contribution in [0.3, 0.4) is 0 Å². The van der Waals surface area contributed by atoms with Crippen LogP contribution in [0.4, 0.5) is 16.0 Å². The maximum Gasteiger partial charge on any atom is 0.149 e. The predicted octanol–water partition coefficient (Wildman–Crippen LogP) is 2.50. The van der Waals surface area contributed by atoms with E-state index in [-0.39, 0.29) is 5.82 Å². The number of hydrogen-bond donors (Lipinski definition) is 0. The van der Waals surface area contributed by atoms with E-state index in [1.54, 1.807) is 19.4 Å². The molecule has 1 aliphatic rings. The van der Waals surface area contributed by atoms with Gasteiger partial charge in [-0.2, -0.15) is 0 Å². The fourth-order valence-corrected chi connectivity index (χ4v) is 3.12. The number of anilines is 2. The topological polar surface area (TPSA) is 54.4 Å². The summed E-state index contributed by atoms with van der Waals surface area (Å²) in [4.78, 5) is 17.3. The molecule has 0 radical (unpaired) electrons. The van der Waals surface area contributed by atoms with E-state index in [2.05, 4.69) is 24.8 Å². The maximum atomic E-state index is 13.9. The Bertz CT molecular complexity index is 878. The highest BCUT2D eigenvalue weighted by Gasteiger charge is 2.21. The first-order valence-corrected chi connectivity index (χ1v) is 8.15. The van der Waals surface area contributed by atoms with Gasteiger partial charge in [0.25, 0.3) is 0 Å². The number of aromatic nitrogens is 3. The molecule has 1 fully saturated rings. The molecule has 0 bridgehead atoms. The first kappa shape index (κ1) is 15.6. The molecule has 2 aromatic heterocycles. The van der Waals surface area contributed by atoms with E-state index in [0.717, 1.165) is 49.0 Å². The van der Waals surface area contributed by atoms with Gasteiger partial charge in [-0.25, -0.2) is 19.3 Å². The van der Waals surface area contributed by atoms with Gasteiger partial charge in [-0.1, -0.05) is 6.07 Å². The van der Waals surface area contributed by atoms with Crippen LogP contribution < -0.4 is 14.5 Å². The Balaban J connectivity index is 1.53. The van der Waals surface area contributed by atoms with Crippen LogP contribution in [0.25, 0.3) is 10.9 Å². The van der Waals surface area contributed by atoms with Crippen LogP contribution in [-0.4, -0.2) is 48.2 Å². The van der Waals surface area contributed by atoms with Crippen LogP contribution in [-0.2, 0) is 0 Å². The van der Waals surface area contributed by atoms with E-state index in [4.69, 9.17) is 4.74 Å². The van der Waals surface area contributed by atoms with Gasteiger partial charge in [0.15, 0.2) is 0 Å². The van der Waals surface area contributed by atoms with Gasteiger partial charge in [0, 0.05) is 31.6 Å². The molecule has 0 N–H and O–H groups in total. The lowest BCUT2D eigenvalue weighted by molar-refractivity contribution is 0.413. The summed E-state index contributed by atoms with van der Waals surface area (Å²) >= 11 is 0. The van der Waals surface area contributed by atoms with Gasteiger partial charge in [0.2, 0.25) is 0 Å². The van der Waals surface area contributed by atoms with Crippen LogP contribution in [0.5, 0.6) is 5.75 Å². The highest BCUT2D eigenvalue weighted by molar-refractivity contribution is 5.89. The summed E-state index contributed by atoms with van der Waals surface area (Å²) in [5.74, 6) is 2.14. The van der Waals surface area contributed by atoms with Crippen molar-refractivity contribution in [2.75, 3.05) is 43.1 Å². The first-order valence-electron chi connectivity index (χ1n) is 8.15. The summed E-state index contributed by atoms with van der Waals surface area (Å²) in [5, 5.41) is 0.749. The largest absolute Gasteiger partial charge is 0.495 e. The molecule has 1 aliphatic heterocycles. The highest BCUT2D eigenvalue weighted by Crippen LogP contribution is 2.26. The van der Waals surface area contributed by atoms with Crippen molar-refractivity contribution < 1.29 is 9.13 Å². The highest BCUT2D eigenvalue weighted by atomic mass is 19.1. The van der Waals surface area contributed by atoms with E-state index in [0.29, 0.717) is 5.52 Å². The zero-order valence-corrected chi connectivity index (χ0v) is 13.9. The number of pyridine rings is 1. The molecule has 6 nitrogen and oxygen atoms in total. The van der Waals surface area contributed by atoms with Gasteiger partial charge in [-0.15, -0.1) is 0 Å². The van der Waals surface area contributed by atoms with Gasteiger partial charge in [0.05, 0.1) is 13.3 Å². The van der Waals surface area contributed by atoms with Crippen molar-refractivity contribution in [2.45, 2.75) is 0 Å². The number of para-hydroxylation sites is 1.